The van der Waals surface area contributed by atoms with Gasteiger partial charge >= 0.3 is 0 Å². The fourth-order valence-corrected chi connectivity index (χ4v) is 2.02. The molecule has 1 N–H and O–H groups in total. The normalized spacial score (nSPS) is 10.6. The number of nitrogens with zero attached hydrogens (tertiary/aromatic N) is 3. The summed E-state index contributed by atoms with van der Waals surface area (Å²) in [5.74, 6) is -0.171. The minimum absolute atomic E-state index is 0.171. The fraction of sp³-hybridized carbons (Fsp3) is 0.125. The molecule has 0 saturated heterocycles. The third-order valence-corrected chi connectivity index (χ3v) is 3.28. The van der Waals surface area contributed by atoms with E-state index in [-0.39, 0.29) is 5.82 Å². The molecule has 0 aliphatic heterocycles. The average Bonchev–Trinajstić information content (AvgIpc) is 3.03. The van der Waals surface area contributed by atoms with Gasteiger partial charge in [-0.1, -0.05) is 12.1 Å². The second kappa shape index (κ2) is 5.75. The maximum Gasteiger partial charge on any atom is 0.138 e. The predicted octanol–water partition coefficient (Wildman–Crippen LogP) is 3.33. The molecule has 0 atom stereocenters. The van der Waals surface area contributed by atoms with E-state index in [1.165, 1.54) is 6.33 Å². The second-order valence-electron chi connectivity index (χ2n) is 4.82. The van der Waals surface area contributed by atoms with Crippen molar-refractivity contribution < 1.29 is 4.39 Å². The van der Waals surface area contributed by atoms with E-state index in [1.54, 1.807) is 30.1 Å². The molecule has 21 heavy (non-hydrogen) atoms. The van der Waals surface area contributed by atoms with Crippen molar-refractivity contribution in [3.8, 4) is 5.69 Å². The van der Waals surface area contributed by atoms with Crippen LogP contribution in [0.25, 0.3) is 5.69 Å². The molecule has 5 heteroatoms. The topological polar surface area (TPSA) is 42.7 Å². The van der Waals surface area contributed by atoms with Gasteiger partial charge in [-0.2, -0.15) is 5.10 Å². The van der Waals surface area contributed by atoms with Gasteiger partial charge in [0.15, 0.2) is 0 Å². The molecule has 4 nitrogen and oxygen atoms in total. The molecule has 0 bridgehead atoms. The van der Waals surface area contributed by atoms with Crippen LogP contribution in [0.15, 0.2) is 55.1 Å². The van der Waals surface area contributed by atoms with Gasteiger partial charge in [-0.05, 0) is 48.4 Å². The van der Waals surface area contributed by atoms with Crippen molar-refractivity contribution in [2.24, 2.45) is 0 Å². The first-order valence-corrected chi connectivity index (χ1v) is 6.66. The number of anilines is 1. The monoisotopic (exact) mass is 282 g/mol. The van der Waals surface area contributed by atoms with Gasteiger partial charge in [0.1, 0.15) is 18.5 Å². The van der Waals surface area contributed by atoms with Crippen molar-refractivity contribution in [1.29, 1.82) is 0 Å². The molecule has 106 valence electrons. The van der Waals surface area contributed by atoms with Gasteiger partial charge in [0.2, 0.25) is 0 Å². The van der Waals surface area contributed by atoms with Crippen molar-refractivity contribution in [3.05, 3.63) is 72.1 Å². The molecule has 0 saturated carbocycles. The SMILES string of the molecule is Cc1ccc(CNc2ccc(-n3cncn3)cc2)cc1F. The van der Waals surface area contributed by atoms with Crippen molar-refractivity contribution in [2.45, 2.75) is 13.5 Å². The molecule has 0 aliphatic rings. The summed E-state index contributed by atoms with van der Waals surface area (Å²) in [6.45, 7) is 2.34. The van der Waals surface area contributed by atoms with Gasteiger partial charge in [0.05, 0.1) is 5.69 Å². The fourth-order valence-electron chi connectivity index (χ4n) is 2.02. The van der Waals surface area contributed by atoms with E-state index in [9.17, 15) is 4.39 Å². The first-order chi connectivity index (χ1) is 10.2. The van der Waals surface area contributed by atoms with E-state index in [1.807, 2.05) is 30.3 Å². The van der Waals surface area contributed by atoms with Crippen LogP contribution in [0.3, 0.4) is 0 Å². The lowest BCUT2D eigenvalue weighted by atomic mass is 10.1. The third-order valence-electron chi connectivity index (χ3n) is 3.28. The number of rotatable bonds is 4. The summed E-state index contributed by atoms with van der Waals surface area (Å²) >= 11 is 0. The highest BCUT2D eigenvalue weighted by molar-refractivity contribution is 5.48. The van der Waals surface area contributed by atoms with Gasteiger partial charge < -0.3 is 5.32 Å². The smallest absolute Gasteiger partial charge is 0.138 e. The Labute approximate surface area is 122 Å². The van der Waals surface area contributed by atoms with Gasteiger partial charge in [-0.15, -0.1) is 0 Å². The summed E-state index contributed by atoms with van der Waals surface area (Å²) < 4.78 is 15.2. The van der Waals surface area contributed by atoms with Crippen LogP contribution in [0.5, 0.6) is 0 Å². The zero-order valence-corrected chi connectivity index (χ0v) is 11.6. The standard InChI is InChI=1S/C16H15FN4/c1-12-2-3-13(8-16(12)17)9-19-14-4-6-15(7-5-14)21-11-18-10-20-21/h2-8,10-11,19H,9H2,1H3. The molecular weight excluding hydrogens is 267 g/mol. The Morgan fingerprint density at radius 1 is 1.14 bits per heavy atom. The zero-order valence-electron chi connectivity index (χ0n) is 11.6. The lowest BCUT2D eigenvalue weighted by molar-refractivity contribution is 0.616. The van der Waals surface area contributed by atoms with Crippen LogP contribution in [0.1, 0.15) is 11.1 Å². The Hall–Kier alpha value is -2.69. The quantitative estimate of drug-likeness (QED) is 0.798. The van der Waals surface area contributed by atoms with Crippen LogP contribution >= 0.6 is 0 Å². The number of aromatic nitrogens is 3. The van der Waals surface area contributed by atoms with E-state index < -0.39 is 0 Å². The summed E-state index contributed by atoms with van der Waals surface area (Å²) in [5, 5.41) is 7.34. The number of aryl methyl sites for hydroxylation is 1. The van der Waals surface area contributed by atoms with Gasteiger partial charge in [0.25, 0.3) is 0 Å². The van der Waals surface area contributed by atoms with Crippen molar-refractivity contribution in [1.82, 2.24) is 14.8 Å². The molecule has 3 aromatic rings. The molecule has 0 fully saturated rings. The average molecular weight is 282 g/mol. The van der Waals surface area contributed by atoms with Crippen LogP contribution in [-0.4, -0.2) is 14.8 Å². The minimum atomic E-state index is -0.171. The Balaban J connectivity index is 1.66. The Bertz CT molecular complexity index is 721. The van der Waals surface area contributed by atoms with Crippen LogP contribution in [0, 0.1) is 12.7 Å². The second-order valence-corrected chi connectivity index (χ2v) is 4.82. The van der Waals surface area contributed by atoms with E-state index >= 15 is 0 Å². The Morgan fingerprint density at radius 3 is 2.62 bits per heavy atom. The van der Waals surface area contributed by atoms with Crippen LogP contribution < -0.4 is 5.32 Å². The number of hydrogen-bond donors (Lipinski definition) is 1. The number of halogens is 1. The summed E-state index contributed by atoms with van der Waals surface area (Å²) in [5.41, 5.74) is 3.49. The van der Waals surface area contributed by atoms with E-state index in [0.29, 0.717) is 12.1 Å². The van der Waals surface area contributed by atoms with Crippen LogP contribution in [-0.2, 0) is 6.54 Å². The summed E-state index contributed by atoms with van der Waals surface area (Å²) in [7, 11) is 0. The van der Waals surface area contributed by atoms with E-state index in [4.69, 9.17) is 0 Å². The van der Waals surface area contributed by atoms with Crippen LogP contribution in [0.4, 0.5) is 10.1 Å². The maximum atomic E-state index is 13.5. The van der Waals surface area contributed by atoms with Gasteiger partial charge in [-0.3, -0.25) is 0 Å². The molecule has 0 unspecified atom stereocenters. The Morgan fingerprint density at radius 2 is 1.95 bits per heavy atom. The number of hydrogen-bond acceptors (Lipinski definition) is 3. The number of benzene rings is 2. The number of nitrogens with one attached hydrogen (secondary N) is 1. The summed E-state index contributed by atoms with van der Waals surface area (Å²) in [4.78, 5) is 3.91. The highest BCUT2D eigenvalue weighted by atomic mass is 19.1. The molecule has 1 aromatic heterocycles. The highest BCUT2D eigenvalue weighted by Crippen LogP contribution is 2.14. The lowest BCUT2D eigenvalue weighted by Gasteiger charge is -2.08. The molecule has 0 aliphatic carbocycles. The molecule has 0 amide bonds. The summed E-state index contributed by atoms with van der Waals surface area (Å²) in [6.07, 6.45) is 3.15. The summed E-state index contributed by atoms with van der Waals surface area (Å²) in [6, 6.07) is 13.1. The van der Waals surface area contributed by atoms with Gasteiger partial charge in [0, 0.05) is 12.2 Å². The third kappa shape index (κ3) is 3.08. The lowest BCUT2D eigenvalue weighted by Crippen LogP contribution is -2.01. The van der Waals surface area contributed by atoms with Crippen molar-refractivity contribution >= 4 is 5.69 Å². The first-order valence-electron chi connectivity index (χ1n) is 6.66. The largest absolute Gasteiger partial charge is 0.381 e. The molecule has 2 aromatic carbocycles. The Kier molecular flexibility index (Phi) is 3.64. The zero-order chi connectivity index (χ0) is 14.7. The van der Waals surface area contributed by atoms with Crippen LogP contribution in [0.2, 0.25) is 0 Å². The highest BCUT2D eigenvalue weighted by Gasteiger charge is 2.01. The first kappa shape index (κ1) is 13.3. The van der Waals surface area contributed by atoms with Crippen molar-refractivity contribution in [3.63, 3.8) is 0 Å². The molecule has 0 radical (unpaired) electrons. The molecule has 0 spiro atoms. The predicted molar refractivity (Wildman–Crippen MR) is 79.8 cm³/mol. The van der Waals surface area contributed by atoms with Crippen molar-refractivity contribution in [2.75, 3.05) is 5.32 Å². The minimum Gasteiger partial charge on any atom is -0.381 e. The molecule has 3 rings (SSSR count). The molecule has 1 heterocycles. The van der Waals surface area contributed by atoms with Gasteiger partial charge in [-0.25, -0.2) is 14.1 Å². The molecular formula is C16H15FN4. The maximum absolute atomic E-state index is 13.5. The van der Waals surface area contributed by atoms with E-state index in [2.05, 4.69) is 15.4 Å². The van der Waals surface area contributed by atoms with E-state index in [0.717, 1.165) is 16.9 Å².